The van der Waals surface area contributed by atoms with Gasteiger partial charge < -0.3 is 0 Å². The van der Waals surface area contributed by atoms with Crippen molar-refractivity contribution < 1.29 is 20.8 Å². The van der Waals surface area contributed by atoms with Crippen molar-refractivity contribution in [2.45, 2.75) is 47.3 Å². The summed E-state index contributed by atoms with van der Waals surface area (Å²) in [7, 11) is 0.00703. The van der Waals surface area contributed by atoms with Crippen molar-refractivity contribution in [2.24, 2.45) is 0 Å². The molecular weight excluding hydrogens is 497 g/mol. The molecule has 0 aromatic heterocycles. The molecular formula is C23H23AsF6S. The third-order valence-electron chi connectivity index (χ3n) is 4.72. The first-order valence-corrected chi connectivity index (χ1v) is 15.0. The molecule has 0 atom stereocenters. The molecule has 1 heterocycles. The summed E-state index contributed by atoms with van der Waals surface area (Å²) in [6.07, 6.45) is 1.05. The standard InChI is InChI=1S/C23H23S.AsF6/c1-23(2,3)19-12-14-20(15-13-19)24-21-10-6-4-8-17(21)16-18-9-5-7-11-22(18)24;2-1(3,4,5,6)7/h4-15H,16H2,1-3H3;/q+1;-1. The molecule has 3 aromatic rings. The van der Waals surface area contributed by atoms with Gasteiger partial charge in [-0.2, -0.15) is 0 Å². The van der Waals surface area contributed by atoms with Gasteiger partial charge in [0.15, 0.2) is 14.7 Å². The van der Waals surface area contributed by atoms with Gasteiger partial charge >= 0.3 is 35.0 Å². The van der Waals surface area contributed by atoms with Crippen molar-refractivity contribution in [1.29, 1.82) is 0 Å². The Bertz CT molecular complexity index is 1030. The first kappa shape index (κ1) is 23.8. The van der Waals surface area contributed by atoms with Crippen LogP contribution in [0.3, 0.4) is 0 Å². The van der Waals surface area contributed by atoms with E-state index in [0.29, 0.717) is 0 Å². The van der Waals surface area contributed by atoms with Gasteiger partial charge in [-0.3, -0.25) is 0 Å². The maximum atomic E-state index is 9.91. The van der Waals surface area contributed by atoms with Crippen LogP contribution in [0.2, 0.25) is 0 Å². The summed E-state index contributed by atoms with van der Waals surface area (Å²) < 4.78 is 59.4. The Morgan fingerprint density at radius 2 is 1.03 bits per heavy atom. The monoisotopic (exact) mass is 520 g/mol. The van der Waals surface area contributed by atoms with E-state index < -0.39 is 14.2 Å². The molecule has 0 radical (unpaired) electrons. The Labute approximate surface area is 182 Å². The zero-order valence-electron chi connectivity index (χ0n) is 17.3. The van der Waals surface area contributed by atoms with E-state index in [2.05, 4.69) is 93.6 Å². The van der Waals surface area contributed by atoms with E-state index in [1.165, 1.54) is 31.4 Å². The minimum absolute atomic E-state index is 0.00703. The van der Waals surface area contributed by atoms with Crippen molar-refractivity contribution in [3.8, 4) is 0 Å². The molecule has 0 aliphatic carbocycles. The summed E-state index contributed by atoms with van der Waals surface area (Å²) >= 11 is -11.1. The fourth-order valence-corrected chi connectivity index (χ4v) is 5.75. The third-order valence-corrected chi connectivity index (χ3v) is 7.14. The summed E-state index contributed by atoms with van der Waals surface area (Å²) in [5, 5.41) is 0. The quantitative estimate of drug-likeness (QED) is 0.135. The van der Waals surface area contributed by atoms with E-state index in [9.17, 15) is 20.8 Å². The molecule has 0 spiro atoms. The Morgan fingerprint density at radius 1 is 0.645 bits per heavy atom. The van der Waals surface area contributed by atoms with Crippen LogP contribution in [0, 0.1) is 0 Å². The van der Waals surface area contributed by atoms with Crippen LogP contribution in [0.25, 0.3) is 0 Å². The van der Waals surface area contributed by atoms with Gasteiger partial charge in [0, 0.05) is 17.5 Å². The molecule has 0 fully saturated rings. The van der Waals surface area contributed by atoms with Gasteiger partial charge in [0.2, 0.25) is 0 Å². The summed E-state index contributed by atoms with van der Waals surface area (Å²) in [5.41, 5.74) is 4.54. The molecule has 31 heavy (non-hydrogen) atoms. The van der Waals surface area contributed by atoms with E-state index in [0.717, 1.165) is 6.42 Å². The number of rotatable bonds is 1. The molecule has 168 valence electrons. The Hall–Kier alpha value is -1.85. The van der Waals surface area contributed by atoms with E-state index in [1.54, 1.807) is 0 Å². The second-order valence-electron chi connectivity index (χ2n) is 8.43. The molecule has 3 aromatic carbocycles. The first-order valence-electron chi connectivity index (χ1n) is 9.56. The molecule has 0 saturated heterocycles. The van der Waals surface area contributed by atoms with Crippen molar-refractivity contribution in [1.82, 2.24) is 0 Å². The van der Waals surface area contributed by atoms with Crippen LogP contribution in [0.1, 0.15) is 37.5 Å². The van der Waals surface area contributed by atoms with Gasteiger partial charge in [-0.05, 0) is 35.2 Å². The average molecular weight is 520 g/mol. The third kappa shape index (κ3) is 7.08. The second kappa shape index (κ2) is 7.34. The van der Waals surface area contributed by atoms with Crippen molar-refractivity contribution in [2.75, 3.05) is 0 Å². The number of fused-ring (bicyclic) bond motifs is 2. The number of benzene rings is 3. The summed E-state index contributed by atoms with van der Waals surface area (Å²) in [6, 6.07) is 27.2. The van der Waals surface area contributed by atoms with E-state index in [-0.39, 0.29) is 16.3 Å². The number of hydrogen-bond donors (Lipinski definition) is 0. The van der Waals surface area contributed by atoms with Gasteiger partial charge in [-0.1, -0.05) is 69.3 Å². The van der Waals surface area contributed by atoms with E-state index >= 15 is 0 Å². The van der Waals surface area contributed by atoms with Gasteiger partial charge in [0.05, 0.1) is 10.9 Å². The van der Waals surface area contributed by atoms with Gasteiger partial charge in [0.25, 0.3) is 0 Å². The van der Waals surface area contributed by atoms with E-state index in [1.807, 2.05) is 0 Å². The van der Waals surface area contributed by atoms with Crippen molar-refractivity contribution in [3.63, 3.8) is 0 Å². The van der Waals surface area contributed by atoms with Crippen LogP contribution in [0.4, 0.5) is 20.8 Å². The molecule has 8 heteroatoms. The molecule has 1 aliphatic rings. The fraction of sp³-hybridized carbons (Fsp3) is 0.217. The van der Waals surface area contributed by atoms with Crippen LogP contribution in [0.15, 0.2) is 87.5 Å². The van der Waals surface area contributed by atoms with Crippen LogP contribution in [0.5, 0.6) is 0 Å². The van der Waals surface area contributed by atoms with E-state index in [4.69, 9.17) is 0 Å². The van der Waals surface area contributed by atoms with Crippen LogP contribution >= 0.6 is 0 Å². The summed E-state index contributed by atoms with van der Waals surface area (Å²) in [5.74, 6) is 0. The molecule has 0 amide bonds. The topological polar surface area (TPSA) is 0 Å². The maximum absolute atomic E-state index is 11.1. The predicted molar refractivity (Wildman–Crippen MR) is 115 cm³/mol. The molecule has 1 aliphatic heterocycles. The summed E-state index contributed by atoms with van der Waals surface area (Å²) in [4.78, 5) is 4.39. The van der Waals surface area contributed by atoms with Crippen molar-refractivity contribution in [3.05, 3.63) is 89.5 Å². The molecule has 0 N–H and O–H groups in total. The normalized spacial score (nSPS) is 16.2. The molecule has 4 rings (SSSR count). The second-order valence-corrected chi connectivity index (χ2v) is 14.4. The average Bonchev–Trinajstić information content (AvgIpc) is 2.63. The zero-order chi connectivity index (χ0) is 23.1. The minimum atomic E-state index is -11.1. The molecule has 0 bridgehead atoms. The molecule has 0 saturated carbocycles. The predicted octanol–water partition coefficient (Wildman–Crippen LogP) is 8.12. The molecule has 0 nitrogen and oxygen atoms in total. The number of halogens is 6. The Kier molecular flexibility index (Phi) is 5.64. The number of hydrogen-bond acceptors (Lipinski definition) is 0. The molecule has 0 unspecified atom stereocenters. The SMILES string of the molecule is CC(C)(C)c1ccc([S+]2c3ccccc3Cc3ccccc32)cc1.F[As-](F)(F)(F)(F)F. The van der Waals surface area contributed by atoms with Crippen LogP contribution in [-0.2, 0) is 22.7 Å². The van der Waals surface area contributed by atoms with Crippen LogP contribution in [-0.4, -0.2) is 14.2 Å². The van der Waals surface area contributed by atoms with Gasteiger partial charge in [-0.25, -0.2) is 0 Å². The Balaban J connectivity index is 0.000000339. The van der Waals surface area contributed by atoms with Gasteiger partial charge in [0.1, 0.15) is 0 Å². The summed E-state index contributed by atoms with van der Waals surface area (Å²) in [6.45, 7) is 6.82. The van der Waals surface area contributed by atoms with Crippen molar-refractivity contribution >= 4 is 25.1 Å². The van der Waals surface area contributed by atoms with Crippen LogP contribution < -0.4 is 0 Å². The fourth-order valence-electron chi connectivity index (χ4n) is 3.37. The van der Waals surface area contributed by atoms with Gasteiger partial charge in [-0.15, -0.1) is 0 Å². The zero-order valence-corrected chi connectivity index (χ0v) is 20.0. The first-order chi connectivity index (χ1) is 14.0. The Morgan fingerprint density at radius 3 is 1.42 bits per heavy atom.